The van der Waals surface area contributed by atoms with Crippen LogP contribution >= 0.6 is 11.3 Å². The highest BCUT2D eigenvalue weighted by atomic mass is 32.2. The number of nitrogens with zero attached hydrogens (tertiary/aromatic N) is 1. The van der Waals surface area contributed by atoms with Gasteiger partial charge in [-0.15, -0.1) is 17.8 Å². The van der Waals surface area contributed by atoms with Crippen LogP contribution < -0.4 is 4.72 Å². The number of benzene rings is 1. The summed E-state index contributed by atoms with van der Waals surface area (Å²) in [6.07, 6.45) is 5.07. The second-order valence-corrected chi connectivity index (χ2v) is 7.91. The van der Waals surface area contributed by atoms with E-state index in [1.165, 1.54) is 12.1 Å². The number of amides is 1. The summed E-state index contributed by atoms with van der Waals surface area (Å²) in [5, 5.41) is 1.95. The Bertz CT molecular complexity index is 852. The van der Waals surface area contributed by atoms with Crippen molar-refractivity contribution < 1.29 is 13.2 Å². The normalized spacial score (nSPS) is 12.4. The molecule has 5 nitrogen and oxygen atoms in total. The SMILES string of the molecule is C#CCNS(=O)(=O)c1cccc(C(=O)N(C)C(C)c2cccs2)c1. The number of nitrogens with one attached hydrogen (secondary N) is 1. The summed E-state index contributed by atoms with van der Waals surface area (Å²) in [6, 6.07) is 9.72. The summed E-state index contributed by atoms with van der Waals surface area (Å²) >= 11 is 1.57. The van der Waals surface area contributed by atoms with Crippen molar-refractivity contribution in [3.05, 3.63) is 52.2 Å². The summed E-state index contributed by atoms with van der Waals surface area (Å²) in [5.74, 6) is 1.97. The molecule has 1 heterocycles. The molecular formula is C17H18N2O3S2. The molecule has 0 aliphatic carbocycles. The first kappa shape index (κ1) is 18.2. The number of carbonyl (C=O) groups excluding carboxylic acids is 1. The van der Waals surface area contributed by atoms with Gasteiger partial charge in [0.15, 0.2) is 0 Å². The van der Waals surface area contributed by atoms with E-state index < -0.39 is 10.0 Å². The third-order valence-corrected chi connectivity index (χ3v) is 6.05. The van der Waals surface area contributed by atoms with Crippen molar-refractivity contribution in [2.75, 3.05) is 13.6 Å². The van der Waals surface area contributed by atoms with E-state index in [1.807, 2.05) is 24.4 Å². The number of sulfonamides is 1. The smallest absolute Gasteiger partial charge is 0.254 e. The van der Waals surface area contributed by atoms with Gasteiger partial charge in [-0.25, -0.2) is 8.42 Å². The monoisotopic (exact) mass is 362 g/mol. The summed E-state index contributed by atoms with van der Waals surface area (Å²) in [5.41, 5.74) is 0.310. The Kier molecular flexibility index (Phi) is 5.78. The predicted molar refractivity (Wildman–Crippen MR) is 95.3 cm³/mol. The molecule has 24 heavy (non-hydrogen) atoms. The molecule has 0 fully saturated rings. The molecule has 1 unspecified atom stereocenters. The molecule has 0 spiro atoms. The van der Waals surface area contributed by atoms with E-state index in [2.05, 4.69) is 10.6 Å². The topological polar surface area (TPSA) is 66.5 Å². The van der Waals surface area contributed by atoms with Gasteiger partial charge in [-0.1, -0.05) is 18.1 Å². The molecule has 2 aromatic rings. The quantitative estimate of drug-likeness (QED) is 0.803. The molecule has 0 saturated carbocycles. The Morgan fingerprint density at radius 2 is 2.12 bits per heavy atom. The molecule has 1 amide bonds. The van der Waals surface area contributed by atoms with Crippen molar-refractivity contribution in [3.8, 4) is 12.3 Å². The van der Waals surface area contributed by atoms with Gasteiger partial charge in [0.2, 0.25) is 10.0 Å². The van der Waals surface area contributed by atoms with Gasteiger partial charge in [0.25, 0.3) is 5.91 Å². The maximum absolute atomic E-state index is 12.7. The highest BCUT2D eigenvalue weighted by molar-refractivity contribution is 7.89. The Balaban J connectivity index is 2.25. The molecule has 0 bridgehead atoms. The molecule has 1 atom stereocenters. The van der Waals surface area contributed by atoms with E-state index in [0.717, 1.165) is 4.88 Å². The van der Waals surface area contributed by atoms with E-state index in [-0.39, 0.29) is 23.4 Å². The predicted octanol–water partition coefficient (Wildman–Crippen LogP) is 2.49. The zero-order valence-corrected chi connectivity index (χ0v) is 15.0. The van der Waals surface area contributed by atoms with Crippen LogP contribution in [0.2, 0.25) is 0 Å². The molecule has 0 aliphatic heterocycles. The molecule has 0 aliphatic rings. The van der Waals surface area contributed by atoms with Crippen molar-refractivity contribution >= 4 is 27.3 Å². The molecule has 126 valence electrons. The summed E-state index contributed by atoms with van der Waals surface area (Å²) in [4.78, 5) is 15.3. The van der Waals surface area contributed by atoms with Crippen molar-refractivity contribution in [2.45, 2.75) is 17.9 Å². The zero-order valence-electron chi connectivity index (χ0n) is 13.4. The highest BCUT2D eigenvalue weighted by Gasteiger charge is 2.21. The Labute approximate surface area is 146 Å². The largest absolute Gasteiger partial charge is 0.334 e. The molecule has 1 aromatic heterocycles. The average molecular weight is 362 g/mol. The standard InChI is InChI=1S/C17H18N2O3S2/c1-4-10-18-24(21,22)15-8-5-7-14(12-15)17(20)19(3)13(2)16-9-6-11-23-16/h1,5-9,11-13,18H,10H2,2-3H3. The van der Waals surface area contributed by atoms with Crippen LogP contribution in [0.5, 0.6) is 0 Å². The van der Waals surface area contributed by atoms with Gasteiger partial charge >= 0.3 is 0 Å². The van der Waals surface area contributed by atoms with Crippen molar-refractivity contribution in [1.82, 2.24) is 9.62 Å². The molecular weight excluding hydrogens is 344 g/mol. The number of thiophene rings is 1. The van der Waals surface area contributed by atoms with E-state index in [1.54, 1.807) is 35.4 Å². The Morgan fingerprint density at radius 3 is 2.75 bits per heavy atom. The lowest BCUT2D eigenvalue weighted by Crippen LogP contribution is -2.29. The minimum atomic E-state index is -3.73. The Morgan fingerprint density at radius 1 is 1.38 bits per heavy atom. The Hall–Kier alpha value is -2.14. The van der Waals surface area contributed by atoms with Gasteiger partial charge in [0, 0.05) is 17.5 Å². The van der Waals surface area contributed by atoms with Gasteiger partial charge in [0.1, 0.15) is 0 Å². The minimum absolute atomic E-state index is 0.0146. The second-order valence-electron chi connectivity index (χ2n) is 5.16. The highest BCUT2D eigenvalue weighted by Crippen LogP contribution is 2.25. The molecule has 2 rings (SSSR count). The van der Waals surface area contributed by atoms with Crippen LogP contribution in [0.1, 0.15) is 28.2 Å². The van der Waals surface area contributed by atoms with Gasteiger partial charge in [0.05, 0.1) is 17.5 Å². The van der Waals surface area contributed by atoms with Crippen LogP contribution in [0, 0.1) is 12.3 Å². The van der Waals surface area contributed by atoms with Gasteiger partial charge < -0.3 is 4.90 Å². The van der Waals surface area contributed by atoms with Crippen LogP contribution in [0.25, 0.3) is 0 Å². The van der Waals surface area contributed by atoms with Gasteiger partial charge in [-0.3, -0.25) is 4.79 Å². The third kappa shape index (κ3) is 4.03. The van der Waals surface area contributed by atoms with Crippen LogP contribution in [-0.2, 0) is 10.0 Å². The summed E-state index contributed by atoms with van der Waals surface area (Å²) < 4.78 is 26.5. The first-order valence-corrected chi connectivity index (χ1v) is 9.57. The number of terminal acetylenes is 1. The first-order valence-electron chi connectivity index (χ1n) is 7.20. The van der Waals surface area contributed by atoms with E-state index >= 15 is 0 Å². The van der Waals surface area contributed by atoms with Crippen LogP contribution in [0.15, 0.2) is 46.7 Å². The first-order chi connectivity index (χ1) is 11.4. The fourth-order valence-corrected chi connectivity index (χ4v) is 3.92. The fourth-order valence-electron chi connectivity index (χ4n) is 2.12. The molecule has 0 saturated heterocycles. The second kappa shape index (κ2) is 7.62. The zero-order chi connectivity index (χ0) is 17.7. The van der Waals surface area contributed by atoms with E-state index in [9.17, 15) is 13.2 Å². The lowest BCUT2D eigenvalue weighted by molar-refractivity contribution is 0.0744. The summed E-state index contributed by atoms with van der Waals surface area (Å²) in [7, 11) is -2.03. The van der Waals surface area contributed by atoms with Crippen LogP contribution in [0.4, 0.5) is 0 Å². The maximum Gasteiger partial charge on any atom is 0.254 e. The maximum atomic E-state index is 12.7. The fraction of sp³-hybridized carbons (Fsp3) is 0.235. The third-order valence-electron chi connectivity index (χ3n) is 3.61. The number of hydrogen-bond donors (Lipinski definition) is 1. The summed E-state index contributed by atoms with van der Waals surface area (Å²) in [6.45, 7) is 1.83. The molecule has 7 heteroatoms. The van der Waals surface area contributed by atoms with Crippen molar-refractivity contribution in [2.24, 2.45) is 0 Å². The van der Waals surface area contributed by atoms with Crippen molar-refractivity contribution in [3.63, 3.8) is 0 Å². The lowest BCUT2D eigenvalue weighted by Gasteiger charge is -2.24. The van der Waals surface area contributed by atoms with Crippen molar-refractivity contribution in [1.29, 1.82) is 0 Å². The van der Waals surface area contributed by atoms with Gasteiger partial charge in [-0.05, 0) is 36.6 Å². The number of rotatable bonds is 6. The molecule has 1 N–H and O–H groups in total. The van der Waals surface area contributed by atoms with E-state index in [0.29, 0.717) is 5.56 Å². The average Bonchev–Trinajstić information content (AvgIpc) is 3.12. The van der Waals surface area contributed by atoms with E-state index in [4.69, 9.17) is 6.42 Å². The van der Waals surface area contributed by atoms with Gasteiger partial charge in [-0.2, -0.15) is 4.72 Å². The molecule has 1 aromatic carbocycles. The van der Waals surface area contributed by atoms with Crippen LogP contribution in [-0.4, -0.2) is 32.8 Å². The number of hydrogen-bond acceptors (Lipinski definition) is 4. The minimum Gasteiger partial charge on any atom is -0.334 e. The lowest BCUT2D eigenvalue weighted by atomic mass is 10.1. The number of carbonyl (C=O) groups is 1. The molecule has 0 radical (unpaired) electrons. The van der Waals surface area contributed by atoms with Crippen LogP contribution in [0.3, 0.4) is 0 Å².